The van der Waals surface area contributed by atoms with E-state index >= 15 is 0 Å². The second-order valence-corrected chi connectivity index (χ2v) is 5.72. The summed E-state index contributed by atoms with van der Waals surface area (Å²) in [5.41, 5.74) is 0.683. The number of esters is 1. The van der Waals surface area contributed by atoms with Gasteiger partial charge < -0.3 is 14.8 Å². The number of non-ortho nitro benzene ring substituents is 1. The van der Waals surface area contributed by atoms with Gasteiger partial charge in [-0.3, -0.25) is 14.9 Å². The predicted octanol–water partition coefficient (Wildman–Crippen LogP) is 2.51. The molecule has 0 aliphatic rings. The highest BCUT2D eigenvalue weighted by Crippen LogP contribution is 2.25. The fourth-order valence-electron chi connectivity index (χ4n) is 2.37. The molecule has 1 amide bonds. The highest BCUT2D eigenvalue weighted by molar-refractivity contribution is 5.95. The van der Waals surface area contributed by atoms with Crippen LogP contribution in [0.4, 0.5) is 5.69 Å². The number of hydrogen-bond donors (Lipinski definition) is 1. The van der Waals surface area contributed by atoms with Crippen LogP contribution in [0.1, 0.15) is 22.8 Å². The van der Waals surface area contributed by atoms with Gasteiger partial charge in [-0.1, -0.05) is 30.3 Å². The lowest BCUT2D eigenvalue weighted by Crippen LogP contribution is -2.37. The molecule has 2 aromatic rings. The summed E-state index contributed by atoms with van der Waals surface area (Å²) in [6.07, 6.45) is -0.413. The minimum atomic E-state index is -1.06. The molecule has 0 spiro atoms. The van der Waals surface area contributed by atoms with Crippen molar-refractivity contribution in [3.63, 3.8) is 0 Å². The van der Waals surface area contributed by atoms with Gasteiger partial charge in [-0.25, -0.2) is 4.79 Å². The molecule has 27 heavy (non-hydrogen) atoms. The van der Waals surface area contributed by atoms with Crippen molar-refractivity contribution in [1.82, 2.24) is 5.32 Å². The number of carbonyl (C=O) groups excluding carboxylic acids is 2. The maximum Gasteiger partial charge on any atom is 0.342 e. The summed E-state index contributed by atoms with van der Waals surface area (Å²) in [4.78, 5) is 34.7. The third kappa shape index (κ3) is 5.53. The maximum atomic E-state index is 12.3. The van der Waals surface area contributed by atoms with Gasteiger partial charge in [0, 0.05) is 18.7 Å². The molecule has 1 atom stereocenters. The van der Waals surface area contributed by atoms with E-state index in [2.05, 4.69) is 5.32 Å². The number of methoxy groups -OCH3 is 1. The van der Waals surface area contributed by atoms with Crippen LogP contribution in [0.15, 0.2) is 48.5 Å². The molecule has 0 bridgehead atoms. The Labute approximate surface area is 156 Å². The standard InChI is InChI=1S/C19H20N2O6/c1-13(18(22)20-11-10-14-6-4-3-5-7-14)27-19(23)16-12-15(21(24)25)8-9-17(16)26-2/h3-9,12-13H,10-11H2,1-2H3,(H,20,22). The van der Waals surface area contributed by atoms with Gasteiger partial charge in [0.05, 0.1) is 12.0 Å². The van der Waals surface area contributed by atoms with Gasteiger partial charge in [0.2, 0.25) is 0 Å². The quantitative estimate of drug-likeness (QED) is 0.433. The predicted molar refractivity (Wildman–Crippen MR) is 97.7 cm³/mol. The van der Waals surface area contributed by atoms with Crippen LogP contribution < -0.4 is 10.1 Å². The number of nitro groups is 1. The van der Waals surface area contributed by atoms with Crippen molar-refractivity contribution in [3.05, 3.63) is 69.8 Å². The summed E-state index contributed by atoms with van der Waals surface area (Å²) in [6, 6.07) is 13.2. The van der Waals surface area contributed by atoms with Crippen LogP contribution in [0.5, 0.6) is 5.75 Å². The summed E-state index contributed by atoms with van der Waals surface area (Å²) in [7, 11) is 1.33. The number of amides is 1. The number of ether oxygens (including phenoxy) is 2. The van der Waals surface area contributed by atoms with Crippen LogP contribution in [-0.4, -0.2) is 36.6 Å². The van der Waals surface area contributed by atoms with E-state index in [0.717, 1.165) is 11.6 Å². The van der Waals surface area contributed by atoms with Crippen molar-refractivity contribution < 1.29 is 24.0 Å². The second kappa shape index (κ2) is 9.33. The molecule has 1 N–H and O–H groups in total. The third-order valence-corrected chi connectivity index (χ3v) is 3.82. The molecule has 0 heterocycles. The molecule has 0 radical (unpaired) electrons. The minimum Gasteiger partial charge on any atom is -0.496 e. The van der Waals surface area contributed by atoms with Gasteiger partial charge in [-0.2, -0.15) is 0 Å². The Morgan fingerprint density at radius 3 is 2.52 bits per heavy atom. The molecule has 2 aromatic carbocycles. The van der Waals surface area contributed by atoms with Gasteiger partial charge >= 0.3 is 5.97 Å². The lowest BCUT2D eigenvalue weighted by atomic mass is 10.1. The number of nitro benzene ring substituents is 1. The Kier molecular flexibility index (Phi) is 6.87. The maximum absolute atomic E-state index is 12.3. The van der Waals surface area contributed by atoms with Crippen LogP contribution in [-0.2, 0) is 16.0 Å². The summed E-state index contributed by atoms with van der Waals surface area (Å²) in [6.45, 7) is 1.82. The molecule has 0 fully saturated rings. The Morgan fingerprint density at radius 2 is 1.89 bits per heavy atom. The Hall–Kier alpha value is -3.42. The van der Waals surface area contributed by atoms with E-state index in [9.17, 15) is 19.7 Å². The molecule has 8 heteroatoms. The fourth-order valence-corrected chi connectivity index (χ4v) is 2.37. The van der Waals surface area contributed by atoms with E-state index in [1.54, 1.807) is 0 Å². The summed E-state index contributed by atoms with van der Waals surface area (Å²) in [5, 5.41) is 13.6. The van der Waals surface area contributed by atoms with Crippen LogP contribution >= 0.6 is 0 Å². The van der Waals surface area contributed by atoms with Crippen LogP contribution in [0.25, 0.3) is 0 Å². The van der Waals surface area contributed by atoms with Gasteiger partial charge in [0.25, 0.3) is 11.6 Å². The SMILES string of the molecule is COc1ccc([N+](=O)[O-])cc1C(=O)OC(C)C(=O)NCCc1ccccc1. The number of carbonyl (C=O) groups is 2. The van der Waals surface area contributed by atoms with Gasteiger partial charge in [-0.15, -0.1) is 0 Å². The number of nitrogens with zero attached hydrogens (tertiary/aromatic N) is 1. The molecular weight excluding hydrogens is 352 g/mol. The Balaban J connectivity index is 1.95. The van der Waals surface area contributed by atoms with Crippen molar-refractivity contribution in [2.24, 2.45) is 0 Å². The highest BCUT2D eigenvalue weighted by atomic mass is 16.6. The van der Waals surface area contributed by atoms with E-state index in [1.165, 1.54) is 26.2 Å². The molecule has 0 aliphatic carbocycles. The van der Waals surface area contributed by atoms with E-state index in [0.29, 0.717) is 13.0 Å². The lowest BCUT2D eigenvalue weighted by molar-refractivity contribution is -0.384. The molecular formula is C19H20N2O6. The average molecular weight is 372 g/mol. The zero-order valence-electron chi connectivity index (χ0n) is 15.0. The van der Waals surface area contributed by atoms with Gasteiger partial charge in [0.15, 0.2) is 6.10 Å². The second-order valence-electron chi connectivity index (χ2n) is 5.72. The first-order valence-corrected chi connectivity index (χ1v) is 8.27. The molecule has 0 aromatic heterocycles. The van der Waals surface area contributed by atoms with Crippen molar-refractivity contribution in [1.29, 1.82) is 0 Å². The third-order valence-electron chi connectivity index (χ3n) is 3.82. The van der Waals surface area contributed by atoms with Gasteiger partial charge in [0.1, 0.15) is 11.3 Å². The monoisotopic (exact) mass is 372 g/mol. The normalized spacial score (nSPS) is 11.3. The van der Waals surface area contributed by atoms with E-state index in [-0.39, 0.29) is 17.0 Å². The smallest absolute Gasteiger partial charge is 0.342 e. The van der Waals surface area contributed by atoms with Crippen molar-refractivity contribution >= 4 is 17.6 Å². The topological polar surface area (TPSA) is 108 Å². The van der Waals surface area contributed by atoms with Crippen LogP contribution in [0.2, 0.25) is 0 Å². The zero-order valence-corrected chi connectivity index (χ0v) is 15.0. The number of hydrogen-bond acceptors (Lipinski definition) is 6. The molecule has 0 saturated carbocycles. The molecule has 1 unspecified atom stereocenters. The highest BCUT2D eigenvalue weighted by Gasteiger charge is 2.23. The van der Waals surface area contributed by atoms with Crippen LogP contribution in [0, 0.1) is 10.1 Å². The van der Waals surface area contributed by atoms with E-state index in [4.69, 9.17) is 9.47 Å². The summed E-state index contributed by atoms with van der Waals surface area (Å²) < 4.78 is 10.2. The lowest BCUT2D eigenvalue weighted by Gasteiger charge is -2.14. The first kappa shape index (κ1) is 19.9. The van der Waals surface area contributed by atoms with Crippen molar-refractivity contribution in [2.75, 3.05) is 13.7 Å². The Bertz CT molecular complexity index is 822. The first-order chi connectivity index (χ1) is 12.9. The minimum absolute atomic E-state index is 0.115. The molecule has 2 rings (SSSR count). The largest absolute Gasteiger partial charge is 0.496 e. The van der Waals surface area contributed by atoms with E-state index in [1.807, 2.05) is 30.3 Å². The molecule has 142 valence electrons. The van der Waals surface area contributed by atoms with Gasteiger partial charge in [-0.05, 0) is 25.0 Å². The summed E-state index contributed by atoms with van der Waals surface area (Å²) >= 11 is 0. The number of benzene rings is 2. The van der Waals surface area contributed by atoms with E-state index < -0.39 is 22.9 Å². The van der Waals surface area contributed by atoms with Crippen LogP contribution in [0.3, 0.4) is 0 Å². The Morgan fingerprint density at radius 1 is 1.19 bits per heavy atom. The van der Waals surface area contributed by atoms with Crippen molar-refractivity contribution in [2.45, 2.75) is 19.4 Å². The average Bonchev–Trinajstić information content (AvgIpc) is 2.67. The summed E-state index contributed by atoms with van der Waals surface area (Å²) in [5.74, 6) is -1.20. The molecule has 8 nitrogen and oxygen atoms in total. The van der Waals surface area contributed by atoms with Crippen molar-refractivity contribution in [3.8, 4) is 5.75 Å². The fraction of sp³-hybridized carbons (Fsp3) is 0.263. The zero-order chi connectivity index (χ0) is 19.8. The molecule has 0 saturated heterocycles. The molecule has 0 aliphatic heterocycles. The number of rotatable bonds is 8. The number of nitrogens with one attached hydrogen (secondary N) is 1. The first-order valence-electron chi connectivity index (χ1n) is 8.27.